The van der Waals surface area contributed by atoms with Crippen molar-refractivity contribution in [1.29, 1.82) is 0 Å². The number of ether oxygens (including phenoxy) is 2. The van der Waals surface area contributed by atoms with E-state index in [9.17, 15) is 4.39 Å². The molecule has 0 unspecified atom stereocenters. The number of nitrogens with zero attached hydrogens (tertiary/aromatic N) is 3. The molecule has 0 saturated carbocycles. The molecule has 0 spiro atoms. The van der Waals surface area contributed by atoms with Gasteiger partial charge in [-0.2, -0.15) is 0 Å². The van der Waals surface area contributed by atoms with Gasteiger partial charge in [0, 0.05) is 16.9 Å². The van der Waals surface area contributed by atoms with Gasteiger partial charge in [-0.3, -0.25) is 0 Å². The zero-order valence-electron chi connectivity index (χ0n) is 14.3. The van der Waals surface area contributed by atoms with Crippen LogP contribution in [0.25, 0.3) is 22.9 Å². The van der Waals surface area contributed by atoms with Crippen LogP contribution in [0.4, 0.5) is 4.39 Å². The van der Waals surface area contributed by atoms with Gasteiger partial charge < -0.3 is 18.3 Å². The maximum absolute atomic E-state index is 13.0. The van der Waals surface area contributed by atoms with Gasteiger partial charge >= 0.3 is 0 Å². The van der Waals surface area contributed by atoms with Crippen LogP contribution in [0.1, 0.15) is 5.69 Å². The predicted molar refractivity (Wildman–Crippen MR) is 97.3 cm³/mol. The SMILES string of the molecule is Fc1ccc(-c2nc(CSc3nnc(-c4ccc5c(c4)OCO5)o3)co2)cc1. The summed E-state index contributed by atoms with van der Waals surface area (Å²) in [6.45, 7) is 0.210. The molecule has 2 aromatic heterocycles. The third-order valence-electron chi connectivity index (χ3n) is 4.01. The monoisotopic (exact) mass is 397 g/mol. The van der Waals surface area contributed by atoms with Crippen molar-refractivity contribution in [3.63, 3.8) is 0 Å². The average molecular weight is 397 g/mol. The van der Waals surface area contributed by atoms with Crippen LogP contribution in [0.15, 0.2) is 62.8 Å². The van der Waals surface area contributed by atoms with Crippen LogP contribution >= 0.6 is 11.8 Å². The minimum atomic E-state index is -0.305. The number of hydrogen-bond acceptors (Lipinski definition) is 8. The lowest BCUT2D eigenvalue weighted by atomic mass is 10.2. The van der Waals surface area contributed by atoms with Gasteiger partial charge in [0.1, 0.15) is 12.1 Å². The summed E-state index contributed by atoms with van der Waals surface area (Å²) in [6.07, 6.45) is 1.56. The van der Waals surface area contributed by atoms with Gasteiger partial charge in [-0.25, -0.2) is 9.37 Å². The summed E-state index contributed by atoms with van der Waals surface area (Å²) < 4.78 is 34.8. The fourth-order valence-electron chi connectivity index (χ4n) is 2.65. The molecular formula is C19H12FN3O4S. The van der Waals surface area contributed by atoms with Crippen LogP contribution in [0, 0.1) is 5.82 Å². The van der Waals surface area contributed by atoms with Crippen LogP contribution in [-0.2, 0) is 5.75 Å². The first-order chi connectivity index (χ1) is 13.7. The first-order valence-corrected chi connectivity index (χ1v) is 9.30. The number of thioether (sulfide) groups is 1. The number of fused-ring (bicyclic) bond motifs is 1. The van der Waals surface area contributed by atoms with Crippen LogP contribution < -0.4 is 9.47 Å². The Morgan fingerprint density at radius 2 is 1.75 bits per heavy atom. The van der Waals surface area contributed by atoms with E-state index in [-0.39, 0.29) is 12.6 Å². The number of oxazole rings is 1. The zero-order valence-corrected chi connectivity index (χ0v) is 15.1. The van der Waals surface area contributed by atoms with Crippen molar-refractivity contribution in [1.82, 2.24) is 15.2 Å². The van der Waals surface area contributed by atoms with Gasteiger partial charge in [-0.15, -0.1) is 10.2 Å². The molecule has 7 nitrogen and oxygen atoms in total. The second-order valence-corrected chi connectivity index (χ2v) is 6.81. The fourth-order valence-corrected chi connectivity index (χ4v) is 3.29. The Morgan fingerprint density at radius 3 is 2.64 bits per heavy atom. The van der Waals surface area contributed by atoms with Crippen LogP contribution in [0.3, 0.4) is 0 Å². The maximum Gasteiger partial charge on any atom is 0.277 e. The second kappa shape index (κ2) is 7.01. The summed E-state index contributed by atoms with van der Waals surface area (Å²) in [5.41, 5.74) is 2.18. The predicted octanol–water partition coefficient (Wildman–Crippen LogP) is 4.55. The van der Waals surface area contributed by atoms with E-state index in [1.54, 1.807) is 30.5 Å². The van der Waals surface area contributed by atoms with E-state index in [2.05, 4.69) is 15.2 Å². The summed E-state index contributed by atoms with van der Waals surface area (Å²) in [5, 5.41) is 8.54. The average Bonchev–Trinajstić information content (AvgIpc) is 3.46. The topological polar surface area (TPSA) is 83.4 Å². The van der Waals surface area contributed by atoms with Crippen LogP contribution in [0.5, 0.6) is 11.5 Å². The minimum Gasteiger partial charge on any atom is -0.454 e. The highest BCUT2D eigenvalue weighted by atomic mass is 32.2. The molecule has 0 aliphatic carbocycles. The van der Waals surface area contributed by atoms with Crippen molar-refractivity contribution >= 4 is 11.8 Å². The van der Waals surface area contributed by atoms with Crippen molar-refractivity contribution in [3.8, 4) is 34.4 Å². The van der Waals surface area contributed by atoms with Crippen molar-refractivity contribution in [2.45, 2.75) is 11.0 Å². The van der Waals surface area contributed by atoms with Gasteiger partial charge in [0.15, 0.2) is 11.5 Å². The number of hydrogen-bond donors (Lipinski definition) is 0. The molecule has 0 radical (unpaired) electrons. The second-order valence-electron chi connectivity index (χ2n) is 5.88. The van der Waals surface area contributed by atoms with Crippen LogP contribution in [0.2, 0.25) is 0 Å². The molecule has 0 atom stereocenters. The quantitative estimate of drug-likeness (QED) is 0.454. The Morgan fingerprint density at radius 1 is 0.929 bits per heavy atom. The van der Waals surface area contributed by atoms with E-state index >= 15 is 0 Å². The third-order valence-corrected chi connectivity index (χ3v) is 4.86. The molecule has 0 saturated heterocycles. The van der Waals surface area contributed by atoms with Gasteiger partial charge in [-0.1, -0.05) is 11.8 Å². The molecule has 9 heteroatoms. The van der Waals surface area contributed by atoms with Crippen molar-refractivity contribution in [3.05, 3.63) is 60.2 Å². The van der Waals surface area contributed by atoms with E-state index < -0.39 is 0 Å². The lowest BCUT2D eigenvalue weighted by Crippen LogP contribution is -1.92. The number of benzene rings is 2. The Bertz CT molecular complexity index is 1130. The molecule has 140 valence electrons. The van der Waals surface area contributed by atoms with E-state index in [0.717, 1.165) is 5.56 Å². The fraction of sp³-hybridized carbons (Fsp3) is 0.105. The largest absolute Gasteiger partial charge is 0.454 e. The molecule has 0 bridgehead atoms. The van der Waals surface area contributed by atoms with Crippen molar-refractivity contribution in [2.24, 2.45) is 0 Å². The Balaban J connectivity index is 1.26. The standard InChI is InChI=1S/C19H12FN3O4S/c20-13-4-1-11(2-5-13)17-21-14(8-24-17)9-28-19-23-22-18(27-19)12-3-6-15-16(7-12)26-10-25-15/h1-8H,9-10H2. The van der Waals surface area contributed by atoms with Crippen LogP contribution in [-0.4, -0.2) is 22.0 Å². The van der Waals surface area contributed by atoms with E-state index in [0.29, 0.717) is 45.5 Å². The Kier molecular flexibility index (Phi) is 4.21. The molecule has 2 aromatic carbocycles. The van der Waals surface area contributed by atoms with Crippen molar-refractivity contribution in [2.75, 3.05) is 6.79 Å². The first kappa shape index (κ1) is 16.8. The lowest BCUT2D eigenvalue weighted by molar-refractivity contribution is 0.174. The smallest absolute Gasteiger partial charge is 0.277 e. The highest BCUT2D eigenvalue weighted by molar-refractivity contribution is 7.98. The van der Waals surface area contributed by atoms with E-state index in [1.165, 1.54) is 23.9 Å². The molecule has 1 aliphatic heterocycles. The summed E-state index contributed by atoms with van der Waals surface area (Å²) in [5.74, 6) is 2.37. The molecular weight excluding hydrogens is 385 g/mol. The number of aromatic nitrogens is 3. The van der Waals surface area contributed by atoms with Crippen molar-refractivity contribution < 1.29 is 22.7 Å². The summed E-state index contributed by atoms with van der Waals surface area (Å²) in [7, 11) is 0. The van der Waals surface area contributed by atoms with E-state index in [1.807, 2.05) is 6.07 Å². The Hall–Kier alpha value is -3.33. The highest BCUT2D eigenvalue weighted by Gasteiger charge is 2.17. The molecule has 0 N–H and O–H groups in total. The summed E-state index contributed by atoms with van der Waals surface area (Å²) in [6, 6.07) is 11.4. The van der Waals surface area contributed by atoms with Gasteiger partial charge in [0.25, 0.3) is 5.22 Å². The minimum absolute atomic E-state index is 0.210. The summed E-state index contributed by atoms with van der Waals surface area (Å²) >= 11 is 1.35. The van der Waals surface area contributed by atoms with Gasteiger partial charge in [0.2, 0.25) is 18.6 Å². The highest BCUT2D eigenvalue weighted by Crippen LogP contribution is 2.36. The Labute approximate surface area is 162 Å². The molecule has 28 heavy (non-hydrogen) atoms. The van der Waals surface area contributed by atoms with E-state index in [4.69, 9.17) is 18.3 Å². The lowest BCUT2D eigenvalue weighted by Gasteiger charge is -1.97. The maximum atomic E-state index is 13.0. The molecule has 0 amide bonds. The number of rotatable bonds is 5. The molecule has 5 rings (SSSR count). The molecule has 1 aliphatic rings. The van der Waals surface area contributed by atoms with Gasteiger partial charge in [-0.05, 0) is 42.5 Å². The van der Waals surface area contributed by atoms with Gasteiger partial charge in [0.05, 0.1) is 5.69 Å². The molecule has 0 fully saturated rings. The third kappa shape index (κ3) is 3.31. The first-order valence-electron chi connectivity index (χ1n) is 8.31. The molecule has 3 heterocycles. The summed E-state index contributed by atoms with van der Waals surface area (Å²) in [4.78, 5) is 4.40. The zero-order chi connectivity index (χ0) is 18.9. The normalized spacial score (nSPS) is 12.5. The molecule has 4 aromatic rings. The number of halogens is 1.